The van der Waals surface area contributed by atoms with Crippen LogP contribution in [0.3, 0.4) is 0 Å². The fourth-order valence-electron chi connectivity index (χ4n) is 3.13. The van der Waals surface area contributed by atoms with Crippen LogP contribution in [0.5, 0.6) is 5.75 Å². The first-order chi connectivity index (χ1) is 10.9. The Morgan fingerprint density at radius 3 is 2.52 bits per heavy atom. The van der Waals surface area contributed by atoms with E-state index in [-0.39, 0.29) is 24.2 Å². The van der Waals surface area contributed by atoms with E-state index in [1.807, 2.05) is 12.1 Å². The maximum Gasteiger partial charge on any atom is 0.119 e. The number of rotatable bonds is 7. The zero-order valence-electron chi connectivity index (χ0n) is 14.9. The van der Waals surface area contributed by atoms with Gasteiger partial charge in [0.25, 0.3) is 0 Å². The number of hydrogen-bond acceptors (Lipinski definition) is 4. The van der Waals surface area contributed by atoms with Crippen molar-refractivity contribution in [1.29, 1.82) is 0 Å². The second-order valence-electron chi connectivity index (χ2n) is 7.57. The molecule has 1 aromatic rings. The normalized spacial score (nSPS) is 20.0. The fourth-order valence-corrected chi connectivity index (χ4v) is 3.13. The lowest BCUT2D eigenvalue weighted by molar-refractivity contribution is 0.0613. The van der Waals surface area contributed by atoms with Crippen LogP contribution >= 0.6 is 0 Å². The summed E-state index contributed by atoms with van der Waals surface area (Å²) in [4.78, 5) is 2.21. The lowest BCUT2D eigenvalue weighted by Crippen LogP contribution is -2.43. The van der Waals surface area contributed by atoms with Gasteiger partial charge in [-0.1, -0.05) is 32.9 Å². The van der Waals surface area contributed by atoms with Crippen molar-refractivity contribution in [2.45, 2.75) is 52.3 Å². The lowest BCUT2D eigenvalue weighted by atomic mass is 9.86. The number of nitrogens with zero attached hydrogens (tertiary/aromatic N) is 1. The summed E-state index contributed by atoms with van der Waals surface area (Å²) in [5, 5.41) is 9.65. The average molecular weight is 321 g/mol. The van der Waals surface area contributed by atoms with Crippen molar-refractivity contribution < 1.29 is 14.6 Å². The Bertz CT molecular complexity index is 460. The zero-order chi connectivity index (χ0) is 16.9. The predicted molar refractivity (Wildman–Crippen MR) is 92.7 cm³/mol. The molecule has 2 unspecified atom stereocenters. The molecule has 1 heterocycles. The minimum absolute atomic E-state index is 0.0494. The monoisotopic (exact) mass is 321 g/mol. The molecule has 2 atom stereocenters. The van der Waals surface area contributed by atoms with E-state index in [4.69, 9.17) is 9.47 Å². The number of aliphatic hydroxyl groups is 1. The molecule has 130 valence electrons. The predicted octanol–water partition coefficient (Wildman–Crippen LogP) is 3.08. The molecule has 1 aliphatic heterocycles. The van der Waals surface area contributed by atoms with Gasteiger partial charge < -0.3 is 14.6 Å². The summed E-state index contributed by atoms with van der Waals surface area (Å²) < 4.78 is 11.4. The molecule has 0 aliphatic carbocycles. The van der Waals surface area contributed by atoms with E-state index in [9.17, 15) is 5.11 Å². The molecule has 0 spiro atoms. The number of ether oxygens (including phenoxy) is 2. The molecule has 1 fully saturated rings. The highest BCUT2D eigenvalue weighted by Crippen LogP contribution is 2.25. The molecule has 4 heteroatoms. The van der Waals surface area contributed by atoms with Gasteiger partial charge in [-0.25, -0.2) is 0 Å². The first kappa shape index (κ1) is 18.2. The third-order valence-electron chi connectivity index (χ3n) is 4.52. The zero-order valence-corrected chi connectivity index (χ0v) is 14.9. The highest BCUT2D eigenvalue weighted by molar-refractivity contribution is 5.27. The standard InChI is InChI=1S/C19H31NO3/c1-19(2,3)18(13-21)20(4)12-15-7-9-16(10-8-15)23-14-17-6-5-11-22-17/h7-10,17-18,21H,5-6,11-14H2,1-4H3. The van der Waals surface area contributed by atoms with Gasteiger partial charge in [-0.2, -0.15) is 0 Å². The summed E-state index contributed by atoms with van der Waals surface area (Å²) >= 11 is 0. The molecule has 0 aromatic heterocycles. The Hall–Kier alpha value is -1.10. The highest BCUT2D eigenvalue weighted by atomic mass is 16.5. The van der Waals surface area contributed by atoms with Crippen LogP contribution in [0.4, 0.5) is 0 Å². The van der Waals surface area contributed by atoms with Crippen LogP contribution < -0.4 is 4.74 Å². The number of benzene rings is 1. The molecule has 1 N–H and O–H groups in total. The summed E-state index contributed by atoms with van der Waals surface area (Å²) in [6.07, 6.45) is 2.48. The SMILES string of the molecule is CN(Cc1ccc(OCC2CCCO2)cc1)C(CO)C(C)(C)C. The Kier molecular flexibility index (Phi) is 6.45. The van der Waals surface area contributed by atoms with Crippen LogP contribution in [0.2, 0.25) is 0 Å². The third-order valence-corrected chi connectivity index (χ3v) is 4.52. The van der Waals surface area contributed by atoms with Crippen molar-refractivity contribution >= 4 is 0 Å². The molecule has 1 aromatic carbocycles. The Labute approximate surface area is 140 Å². The number of likely N-dealkylation sites (N-methyl/N-ethyl adjacent to an activating group) is 1. The number of hydrogen-bond donors (Lipinski definition) is 1. The maximum atomic E-state index is 9.65. The Morgan fingerprint density at radius 1 is 1.30 bits per heavy atom. The summed E-state index contributed by atoms with van der Waals surface area (Å²) in [6.45, 7) is 8.96. The molecular weight excluding hydrogens is 290 g/mol. The van der Waals surface area contributed by atoms with E-state index in [0.29, 0.717) is 6.61 Å². The molecule has 0 radical (unpaired) electrons. The summed E-state index contributed by atoms with van der Waals surface area (Å²) in [6, 6.07) is 8.36. The first-order valence-corrected chi connectivity index (χ1v) is 8.54. The summed E-state index contributed by atoms with van der Waals surface area (Å²) in [5.41, 5.74) is 1.27. The van der Waals surface area contributed by atoms with Crippen molar-refractivity contribution in [3.63, 3.8) is 0 Å². The van der Waals surface area contributed by atoms with Gasteiger partial charge in [0.1, 0.15) is 12.4 Å². The van der Waals surface area contributed by atoms with E-state index in [0.717, 1.165) is 31.7 Å². The lowest BCUT2D eigenvalue weighted by Gasteiger charge is -2.36. The van der Waals surface area contributed by atoms with Gasteiger partial charge in [0, 0.05) is 19.2 Å². The summed E-state index contributed by atoms with van der Waals surface area (Å²) in [7, 11) is 2.06. The van der Waals surface area contributed by atoms with Crippen molar-refractivity contribution in [3.05, 3.63) is 29.8 Å². The Balaban J connectivity index is 1.86. The van der Waals surface area contributed by atoms with Gasteiger partial charge in [0.05, 0.1) is 12.7 Å². The average Bonchev–Trinajstić information content (AvgIpc) is 2.99. The van der Waals surface area contributed by atoms with Crippen molar-refractivity contribution in [2.75, 3.05) is 26.9 Å². The molecule has 1 aliphatic rings. The third kappa shape index (κ3) is 5.48. The van der Waals surface area contributed by atoms with Crippen LogP contribution in [0.25, 0.3) is 0 Å². The van der Waals surface area contributed by atoms with Crippen molar-refractivity contribution in [2.24, 2.45) is 5.41 Å². The van der Waals surface area contributed by atoms with Crippen molar-refractivity contribution in [1.82, 2.24) is 4.90 Å². The van der Waals surface area contributed by atoms with Gasteiger partial charge in [-0.05, 0) is 43.0 Å². The fraction of sp³-hybridized carbons (Fsp3) is 0.684. The smallest absolute Gasteiger partial charge is 0.119 e. The Morgan fingerprint density at radius 2 is 2.00 bits per heavy atom. The van der Waals surface area contributed by atoms with Crippen LogP contribution in [-0.4, -0.2) is 49.0 Å². The van der Waals surface area contributed by atoms with E-state index < -0.39 is 0 Å². The molecular formula is C19H31NO3. The van der Waals surface area contributed by atoms with Gasteiger partial charge in [-0.15, -0.1) is 0 Å². The molecule has 23 heavy (non-hydrogen) atoms. The van der Waals surface area contributed by atoms with Gasteiger partial charge in [0.2, 0.25) is 0 Å². The molecule has 0 bridgehead atoms. The van der Waals surface area contributed by atoms with Crippen LogP contribution in [-0.2, 0) is 11.3 Å². The van der Waals surface area contributed by atoms with Crippen LogP contribution in [0, 0.1) is 5.41 Å². The molecule has 2 rings (SSSR count). The minimum Gasteiger partial charge on any atom is -0.491 e. The highest BCUT2D eigenvalue weighted by Gasteiger charge is 2.27. The van der Waals surface area contributed by atoms with Gasteiger partial charge >= 0.3 is 0 Å². The van der Waals surface area contributed by atoms with Gasteiger partial charge in [-0.3, -0.25) is 4.90 Å². The largest absolute Gasteiger partial charge is 0.491 e. The first-order valence-electron chi connectivity index (χ1n) is 8.54. The van der Waals surface area contributed by atoms with Crippen molar-refractivity contribution in [3.8, 4) is 5.75 Å². The molecule has 0 amide bonds. The molecule has 0 saturated carbocycles. The molecule has 1 saturated heterocycles. The van der Waals surface area contributed by atoms with Gasteiger partial charge in [0.15, 0.2) is 0 Å². The van der Waals surface area contributed by atoms with E-state index in [1.54, 1.807) is 0 Å². The second-order valence-corrected chi connectivity index (χ2v) is 7.57. The number of aliphatic hydroxyl groups excluding tert-OH is 1. The minimum atomic E-state index is 0.0494. The van der Waals surface area contributed by atoms with Crippen LogP contribution in [0.1, 0.15) is 39.2 Å². The second kappa shape index (κ2) is 8.13. The van der Waals surface area contributed by atoms with E-state index in [1.165, 1.54) is 5.56 Å². The maximum absolute atomic E-state index is 9.65. The quantitative estimate of drug-likeness (QED) is 0.838. The van der Waals surface area contributed by atoms with E-state index in [2.05, 4.69) is 44.9 Å². The van der Waals surface area contributed by atoms with E-state index >= 15 is 0 Å². The topological polar surface area (TPSA) is 41.9 Å². The summed E-state index contributed by atoms with van der Waals surface area (Å²) in [5.74, 6) is 0.890. The molecule has 4 nitrogen and oxygen atoms in total. The van der Waals surface area contributed by atoms with Crippen LogP contribution in [0.15, 0.2) is 24.3 Å².